The molecule has 0 fully saturated rings. The first-order chi connectivity index (χ1) is 3.77. The van der Waals surface area contributed by atoms with E-state index in [2.05, 4.69) is 32.9 Å². The van der Waals surface area contributed by atoms with Crippen molar-refractivity contribution in [2.45, 2.75) is 33.6 Å². The summed E-state index contributed by atoms with van der Waals surface area (Å²) < 4.78 is 0. The maximum absolute atomic E-state index is 2.20. The van der Waals surface area contributed by atoms with Crippen LogP contribution in [0.5, 0.6) is 0 Å². The van der Waals surface area contributed by atoms with E-state index >= 15 is 0 Å². The molecule has 0 aromatic rings. The van der Waals surface area contributed by atoms with E-state index in [1.165, 1.54) is 18.8 Å². The van der Waals surface area contributed by atoms with Gasteiger partial charge >= 0.3 is 0 Å². The lowest BCUT2D eigenvalue weighted by Gasteiger charge is -1.96. The van der Waals surface area contributed by atoms with Crippen LogP contribution in [0.2, 0.25) is 0 Å². The third-order valence-electron chi connectivity index (χ3n) is 1.05. The van der Waals surface area contributed by atoms with Crippen molar-refractivity contribution in [2.24, 2.45) is 0 Å². The van der Waals surface area contributed by atoms with Gasteiger partial charge in [-0.3, -0.25) is 0 Å². The van der Waals surface area contributed by atoms with Crippen LogP contribution in [0.25, 0.3) is 0 Å². The van der Waals surface area contributed by atoms with Crippen LogP contribution in [0.15, 0.2) is 12.2 Å². The first-order valence-electron chi connectivity index (χ1n) is 3.17. The van der Waals surface area contributed by atoms with Crippen LogP contribution in [0, 0.1) is 5.92 Å². The van der Waals surface area contributed by atoms with Gasteiger partial charge in [-0.1, -0.05) is 26.0 Å². The Labute approximate surface area is 52.6 Å². The van der Waals surface area contributed by atoms with Gasteiger partial charge in [-0.2, -0.15) is 0 Å². The highest BCUT2D eigenvalue weighted by Crippen LogP contribution is 2.05. The second-order valence-corrected chi connectivity index (χ2v) is 2.31. The minimum absolute atomic E-state index is 1.21. The molecule has 0 spiro atoms. The topological polar surface area (TPSA) is 0 Å². The fourth-order valence-electron chi connectivity index (χ4n) is 0.539. The largest absolute Gasteiger partial charge is 0.0917 e. The standard InChI is InChI=1S/C8H15/c1-4-5-6-7-8(2)3/h4-5H,6-7H2,1-3H3. The molecule has 0 rings (SSSR count). The minimum atomic E-state index is 1.21. The van der Waals surface area contributed by atoms with E-state index in [0.717, 1.165) is 0 Å². The number of hydrogen-bond donors (Lipinski definition) is 0. The molecule has 47 valence electrons. The van der Waals surface area contributed by atoms with Crippen molar-refractivity contribution < 1.29 is 0 Å². The van der Waals surface area contributed by atoms with Crippen molar-refractivity contribution in [1.29, 1.82) is 0 Å². The molecule has 0 heterocycles. The van der Waals surface area contributed by atoms with Gasteiger partial charge in [0.25, 0.3) is 0 Å². The van der Waals surface area contributed by atoms with Crippen LogP contribution in [0.3, 0.4) is 0 Å². The van der Waals surface area contributed by atoms with Crippen LogP contribution in [-0.2, 0) is 0 Å². The van der Waals surface area contributed by atoms with E-state index in [0.29, 0.717) is 0 Å². The molecular formula is C8H15. The van der Waals surface area contributed by atoms with Crippen molar-refractivity contribution in [2.75, 3.05) is 0 Å². The molecule has 0 saturated carbocycles. The Bertz CT molecular complexity index is 60.4. The highest BCUT2D eigenvalue weighted by atomic mass is 13.9. The maximum atomic E-state index is 2.20. The third kappa shape index (κ3) is 5.74. The van der Waals surface area contributed by atoms with E-state index in [1.54, 1.807) is 0 Å². The monoisotopic (exact) mass is 111 g/mol. The zero-order valence-electron chi connectivity index (χ0n) is 6.07. The van der Waals surface area contributed by atoms with E-state index in [4.69, 9.17) is 0 Å². The summed E-state index contributed by atoms with van der Waals surface area (Å²) in [6, 6.07) is 0. The lowest BCUT2D eigenvalue weighted by Crippen LogP contribution is -1.80. The number of rotatable bonds is 3. The van der Waals surface area contributed by atoms with Crippen LogP contribution >= 0.6 is 0 Å². The summed E-state index contributed by atoms with van der Waals surface area (Å²) in [7, 11) is 0. The second-order valence-electron chi connectivity index (χ2n) is 2.31. The van der Waals surface area contributed by atoms with E-state index < -0.39 is 0 Å². The predicted molar refractivity (Wildman–Crippen MR) is 38.6 cm³/mol. The van der Waals surface area contributed by atoms with Gasteiger partial charge in [-0.25, -0.2) is 0 Å². The van der Waals surface area contributed by atoms with Crippen LogP contribution in [0.4, 0.5) is 0 Å². The molecule has 0 aromatic carbocycles. The Morgan fingerprint density at radius 1 is 1.38 bits per heavy atom. The quantitative estimate of drug-likeness (QED) is 0.491. The summed E-state index contributed by atoms with van der Waals surface area (Å²) in [5, 5.41) is 0. The summed E-state index contributed by atoms with van der Waals surface area (Å²) >= 11 is 0. The highest BCUT2D eigenvalue weighted by Gasteiger charge is 1.88. The lowest BCUT2D eigenvalue weighted by atomic mass is 10.1. The Morgan fingerprint density at radius 2 is 2.00 bits per heavy atom. The van der Waals surface area contributed by atoms with Gasteiger partial charge < -0.3 is 0 Å². The maximum Gasteiger partial charge on any atom is -0.0300 e. The van der Waals surface area contributed by atoms with Gasteiger partial charge in [-0.15, -0.1) is 0 Å². The zero-order chi connectivity index (χ0) is 6.41. The molecule has 0 saturated heterocycles. The van der Waals surface area contributed by atoms with Crippen molar-refractivity contribution in [1.82, 2.24) is 0 Å². The molecule has 0 aliphatic heterocycles. The van der Waals surface area contributed by atoms with Crippen molar-refractivity contribution >= 4 is 0 Å². The first-order valence-corrected chi connectivity index (χ1v) is 3.17. The Kier molecular flexibility index (Phi) is 4.73. The molecule has 0 amide bonds. The smallest absolute Gasteiger partial charge is 0.0300 e. The lowest BCUT2D eigenvalue weighted by molar-refractivity contribution is 0.851. The molecule has 0 heteroatoms. The molecule has 0 N–H and O–H groups in total. The van der Waals surface area contributed by atoms with Crippen LogP contribution in [-0.4, -0.2) is 0 Å². The van der Waals surface area contributed by atoms with E-state index in [9.17, 15) is 0 Å². The van der Waals surface area contributed by atoms with Crippen molar-refractivity contribution in [3.63, 3.8) is 0 Å². The predicted octanol–water partition coefficient (Wildman–Crippen LogP) is 2.96. The Balaban J connectivity index is 2.93. The molecule has 8 heavy (non-hydrogen) atoms. The molecule has 0 aromatic heterocycles. The molecule has 0 aliphatic carbocycles. The number of allylic oxidation sites excluding steroid dienone is 2. The van der Waals surface area contributed by atoms with Crippen molar-refractivity contribution in [3.8, 4) is 0 Å². The SMILES string of the molecule is CC=CCC[C](C)C. The summed E-state index contributed by atoms with van der Waals surface area (Å²) in [5.41, 5.74) is 0. The van der Waals surface area contributed by atoms with Gasteiger partial charge in [-0.05, 0) is 25.7 Å². The van der Waals surface area contributed by atoms with Gasteiger partial charge in [0.05, 0.1) is 0 Å². The Hall–Kier alpha value is -0.260. The molecular weight excluding hydrogens is 96.1 g/mol. The van der Waals surface area contributed by atoms with Gasteiger partial charge in [0.1, 0.15) is 0 Å². The molecule has 0 aliphatic rings. The highest BCUT2D eigenvalue weighted by molar-refractivity contribution is 4.84. The zero-order valence-corrected chi connectivity index (χ0v) is 6.07. The molecule has 1 radical (unpaired) electrons. The van der Waals surface area contributed by atoms with E-state index in [-0.39, 0.29) is 0 Å². The second kappa shape index (κ2) is 4.89. The molecule has 0 bridgehead atoms. The van der Waals surface area contributed by atoms with Gasteiger partial charge in [0.15, 0.2) is 0 Å². The van der Waals surface area contributed by atoms with Crippen molar-refractivity contribution in [3.05, 3.63) is 18.1 Å². The molecule has 0 atom stereocenters. The normalized spacial score (nSPS) is 11.5. The minimum Gasteiger partial charge on any atom is -0.0917 e. The summed E-state index contributed by atoms with van der Waals surface area (Å²) in [6.07, 6.45) is 6.75. The number of hydrogen-bond acceptors (Lipinski definition) is 0. The summed E-state index contributed by atoms with van der Waals surface area (Å²) in [5.74, 6) is 1.52. The van der Waals surface area contributed by atoms with Gasteiger partial charge in [0.2, 0.25) is 0 Å². The molecule has 0 unspecified atom stereocenters. The first kappa shape index (κ1) is 7.74. The van der Waals surface area contributed by atoms with Crippen LogP contribution in [0.1, 0.15) is 33.6 Å². The third-order valence-corrected chi connectivity index (χ3v) is 1.05. The average Bonchev–Trinajstić information content (AvgIpc) is 1.66. The fourth-order valence-corrected chi connectivity index (χ4v) is 0.539. The summed E-state index contributed by atoms with van der Waals surface area (Å²) in [4.78, 5) is 0. The van der Waals surface area contributed by atoms with E-state index in [1.807, 2.05) is 0 Å². The van der Waals surface area contributed by atoms with Gasteiger partial charge in [0, 0.05) is 0 Å². The Morgan fingerprint density at radius 3 is 2.38 bits per heavy atom. The summed E-state index contributed by atoms with van der Waals surface area (Å²) in [6.45, 7) is 6.40. The fraction of sp³-hybridized carbons (Fsp3) is 0.625. The average molecular weight is 111 g/mol. The van der Waals surface area contributed by atoms with Crippen LogP contribution < -0.4 is 0 Å². The molecule has 0 nitrogen and oxygen atoms in total.